The number of nitrogens with one attached hydrogen (secondary N) is 2. The molecule has 44 heavy (non-hydrogen) atoms. The molecule has 2 saturated heterocycles. The van der Waals surface area contributed by atoms with Crippen LogP contribution in [0.15, 0.2) is 41.8 Å². The number of rotatable bonds is 13. The lowest BCUT2D eigenvalue weighted by Crippen LogP contribution is -2.58. The molecule has 0 spiro atoms. The minimum absolute atomic E-state index is 0.131. The molecule has 2 aliphatic rings. The molecule has 238 valence electrons. The lowest BCUT2D eigenvalue weighted by molar-refractivity contribution is -0.144. The van der Waals surface area contributed by atoms with E-state index in [0.29, 0.717) is 32.7 Å². The zero-order chi connectivity index (χ0) is 32.3. The van der Waals surface area contributed by atoms with E-state index in [2.05, 4.69) is 41.9 Å². The molecule has 0 radical (unpaired) electrons. The maximum Gasteiger partial charge on any atom is 0.270 e. The molecule has 0 bridgehead atoms. The van der Waals surface area contributed by atoms with Crippen molar-refractivity contribution in [1.29, 1.82) is 5.26 Å². The van der Waals surface area contributed by atoms with Crippen LogP contribution in [0.2, 0.25) is 12.6 Å². The molecule has 1 aromatic carbocycles. The topological polar surface area (TPSA) is 115 Å². The van der Waals surface area contributed by atoms with Gasteiger partial charge >= 0.3 is 0 Å². The number of amides is 3. The first-order valence-corrected chi connectivity index (χ1v) is 16.4. The Balaban J connectivity index is 1.52. The Hall–Kier alpha value is -3.07. The normalized spacial score (nSPS) is 17.9. The monoisotopic (exact) mass is 621 g/mol. The van der Waals surface area contributed by atoms with Crippen LogP contribution >= 0.6 is 11.8 Å². The molecule has 3 amide bonds. The van der Waals surface area contributed by atoms with Crippen LogP contribution in [0.4, 0.5) is 0 Å². The molecule has 3 rings (SSSR count). The highest BCUT2D eigenvalue weighted by Crippen LogP contribution is 2.31. The lowest BCUT2D eigenvalue weighted by atomic mass is 9.45. The smallest absolute Gasteiger partial charge is 0.270 e. The fourth-order valence-corrected chi connectivity index (χ4v) is 6.28. The zero-order valence-corrected chi connectivity index (χ0v) is 27.8. The third-order valence-electron chi connectivity index (χ3n) is 8.15. The van der Waals surface area contributed by atoms with Gasteiger partial charge in [-0.3, -0.25) is 14.4 Å². The fraction of sp³-hybridized carbons (Fsp3) is 0.576. The quantitative estimate of drug-likeness (QED) is 0.249. The minimum atomic E-state index is -0.790. The summed E-state index contributed by atoms with van der Waals surface area (Å²) in [6, 6.07) is 6.73. The second-order valence-electron chi connectivity index (χ2n) is 12.9. The fourth-order valence-electron chi connectivity index (χ4n) is 5.60. The first kappa shape index (κ1) is 35.4. The Morgan fingerprint density at radius 2 is 1.86 bits per heavy atom. The number of hydrogen-bond acceptors (Lipinski definition) is 7. The van der Waals surface area contributed by atoms with Crippen LogP contribution in [-0.4, -0.2) is 85.7 Å². The van der Waals surface area contributed by atoms with Gasteiger partial charge in [-0.1, -0.05) is 69.0 Å². The van der Waals surface area contributed by atoms with Crippen molar-refractivity contribution in [3.8, 4) is 5.97 Å². The van der Waals surface area contributed by atoms with E-state index in [9.17, 15) is 14.4 Å². The van der Waals surface area contributed by atoms with Crippen LogP contribution in [-0.2, 0) is 25.7 Å². The molecule has 2 fully saturated rings. The number of likely N-dealkylation sites (tertiary alicyclic amines) is 1. The Bertz CT molecular complexity index is 1230. The van der Waals surface area contributed by atoms with Gasteiger partial charge in [-0.15, -0.1) is 0 Å². The van der Waals surface area contributed by atoms with Crippen molar-refractivity contribution < 1.29 is 19.1 Å². The number of carbonyl (C=O) groups excluding carboxylic acids is 3. The summed E-state index contributed by atoms with van der Waals surface area (Å²) < 4.78 is 5.63. The van der Waals surface area contributed by atoms with Gasteiger partial charge in [0.25, 0.3) is 6.71 Å². The predicted octanol–water partition coefficient (Wildman–Crippen LogP) is 4.34. The average molecular weight is 622 g/mol. The minimum Gasteiger partial charge on any atom is -0.370 e. The number of nitrogens with zero attached hydrogens (tertiary/aromatic N) is 3. The van der Waals surface area contributed by atoms with Crippen LogP contribution in [0.1, 0.15) is 58.6 Å². The van der Waals surface area contributed by atoms with Gasteiger partial charge in [-0.05, 0) is 74.4 Å². The summed E-state index contributed by atoms with van der Waals surface area (Å²) in [4.78, 5) is 44.9. The van der Waals surface area contributed by atoms with Gasteiger partial charge < -0.3 is 25.2 Å². The standard InChI is InChI=1S/C33H48BN5O4S/c1-7-44-29(24(2)3)26-12-10-25(11-13-26)21-36-31(41)27-9-8-16-39(27)32(42)30(33(4,5)6)37-28(40)22-43-20-19-38-17-14-34(23-35)15-18-38/h7,10-13,27,30H,1,8-9,14-22H2,2-6H3,(H,36,41)(H,37,40). The molecule has 2 atom stereocenters. The van der Waals surface area contributed by atoms with Crippen LogP contribution in [0.25, 0.3) is 4.91 Å². The molecule has 0 aromatic heterocycles. The summed E-state index contributed by atoms with van der Waals surface area (Å²) in [5.74, 6) is 1.54. The van der Waals surface area contributed by atoms with Gasteiger partial charge in [0.2, 0.25) is 17.7 Å². The molecule has 2 aliphatic heterocycles. The maximum absolute atomic E-state index is 13.8. The van der Waals surface area contributed by atoms with Crippen LogP contribution in [0.5, 0.6) is 0 Å². The molecule has 2 heterocycles. The Kier molecular flexibility index (Phi) is 13.6. The van der Waals surface area contributed by atoms with Crippen molar-refractivity contribution in [2.75, 3.05) is 39.4 Å². The zero-order valence-electron chi connectivity index (χ0n) is 27.0. The van der Waals surface area contributed by atoms with E-state index < -0.39 is 17.5 Å². The first-order chi connectivity index (χ1) is 20.9. The Morgan fingerprint density at radius 3 is 2.45 bits per heavy atom. The Morgan fingerprint density at radius 1 is 1.18 bits per heavy atom. The number of carbonyl (C=O) groups is 3. The first-order valence-electron chi connectivity index (χ1n) is 15.6. The van der Waals surface area contributed by atoms with Gasteiger partial charge in [0.1, 0.15) is 18.7 Å². The number of nitriles is 1. The van der Waals surface area contributed by atoms with E-state index in [-0.39, 0.29) is 31.0 Å². The van der Waals surface area contributed by atoms with Gasteiger partial charge in [0.15, 0.2) is 0 Å². The summed E-state index contributed by atoms with van der Waals surface area (Å²) in [6.45, 7) is 17.3. The molecular formula is C33H48BN5O4S. The second kappa shape index (κ2) is 16.9. The number of allylic oxidation sites excluding steroid dienone is 1. The number of thioether (sulfide) groups is 1. The summed E-state index contributed by atoms with van der Waals surface area (Å²) in [5.41, 5.74) is 2.73. The summed E-state index contributed by atoms with van der Waals surface area (Å²) in [6.07, 6.45) is 3.04. The van der Waals surface area contributed by atoms with Crippen molar-refractivity contribution >= 4 is 41.1 Å². The summed E-state index contributed by atoms with van der Waals surface area (Å²) in [5, 5.41) is 16.8. The molecule has 0 aliphatic carbocycles. The van der Waals surface area contributed by atoms with E-state index in [1.807, 2.05) is 50.4 Å². The highest BCUT2D eigenvalue weighted by Gasteiger charge is 2.41. The van der Waals surface area contributed by atoms with Crippen LogP contribution in [0, 0.1) is 16.6 Å². The van der Waals surface area contributed by atoms with Gasteiger partial charge in [0, 0.05) is 30.5 Å². The SMILES string of the molecule is C=CSC(=C(C)C)c1ccc(CNC(=O)C2CCCN2C(=O)C(NC(=O)COCCN2CCB(C#N)CC2)C(C)(C)C)cc1. The molecule has 2 unspecified atom stereocenters. The summed E-state index contributed by atoms with van der Waals surface area (Å²) in [7, 11) is 0. The predicted molar refractivity (Wildman–Crippen MR) is 179 cm³/mol. The third kappa shape index (κ3) is 10.2. The molecule has 1 aromatic rings. The van der Waals surface area contributed by atoms with Gasteiger partial charge in [-0.25, -0.2) is 5.26 Å². The third-order valence-corrected chi connectivity index (χ3v) is 9.20. The Labute approximate surface area is 267 Å². The molecule has 9 nitrogen and oxygen atoms in total. The van der Waals surface area contributed by atoms with Crippen molar-refractivity contribution in [1.82, 2.24) is 20.4 Å². The van der Waals surface area contributed by atoms with Gasteiger partial charge in [0.05, 0.1) is 6.61 Å². The van der Waals surface area contributed by atoms with E-state index in [0.717, 1.165) is 48.2 Å². The molecule has 11 heteroatoms. The van der Waals surface area contributed by atoms with E-state index in [1.54, 1.807) is 16.7 Å². The van der Waals surface area contributed by atoms with E-state index >= 15 is 0 Å². The summed E-state index contributed by atoms with van der Waals surface area (Å²) >= 11 is 1.59. The number of ether oxygens (including phenoxy) is 1. The highest BCUT2D eigenvalue weighted by molar-refractivity contribution is 8.10. The van der Waals surface area contributed by atoms with E-state index in [1.165, 1.54) is 5.57 Å². The van der Waals surface area contributed by atoms with Crippen molar-refractivity contribution in [3.63, 3.8) is 0 Å². The van der Waals surface area contributed by atoms with Gasteiger partial charge in [-0.2, -0.15) is 0 Å². The largest absolute Gasteiger partial charge is 0.370 e. The average Bonchev–Trinajstić information content (AvgIpc) is 3.49. The molecular weight excluding hydrogens is 573 g/mol. The van der Waals surface area contributed by atoms with Crippen LogP contribution < -0.4 is 10.6 Å². The maximum atomic E-state index is 13.8. The molecule has 2 N–H and O–H groups in total. The number of benzene rings is 1. The van der Waals surface area contributed by atoms with Crippen molar-refractivity contribution in [2.24, 2.45) is 5.41 Å². The number of hydrogen-bond donors (Lipinski definition) is 2. The second-order valence-corrected chi connectivity index (χ2v) is 13.9. The van der Waals surface area contributed by atoms with E-state index in [4.69, 9.17) is 10.00 Å². The lowest BCUT2D eigenvalue weighted by Gasteiger charge is -2.35. The highest BCUT2D eigenvalue weighted by atomic mass is 32.2. The van der Waals surface area contributed by atoms with Crippen molar-refractivity contribution in [3.05, 3.63) is 53.0 Å². The molecule has 0 saturated carbocycles. The van der Waals surface area contributed by atoms with Crippen LogP contribution in [0.3, 0.4) is 0 Å². The van der Waals surface area contributed by atoms with Crippen molar-refractivity contribution in [2.45, 2.75) is 78.7 Å².